The number of hydrogen-bond acceptors (Lipinski definition) is 3. The van der Waals surface area contributed by atoms with Crippen LogP contribution in [-0.2, 0) is 22.4 Å². The number of imide groups is 1. The van der Waals surface area contributed by atoms with Gasteiger partial charge in [0.1, 0.15) is 0 Å². The molecule has 0 bridgehead atoms. The van der Waals surface area contributed by atoms with E-state index in [9.17, 15) is 9.59 Å². The van der Waals surface area contributed by atoms with Crippen molar-refractivity contribution in [2.75, 3.05) is 5.75 Å². The SMILES string of the molecule is CC(=O)NC(=O)CSc1ccc2c(c1)CCC2. The van der Waals surface area contributed by atoms with Crippen molar-refractivity contribution in [1.82, 2.24) is 5.32 Å². The third-order valence-electron chi connectivity index (χ3n) is 2.76. The molecule has 90 valence electrons. The average molecular weight is 249 g/mol. The Morgan fingerprint density at radius 1 is 1.29 bits per heavy atom. The highest BCUT2D eigenvalue weighted by molar-refractivity contribution is 8.00. The van der Waals surface area contributed by atoms with Crippen molar-refractivity contribution in [2.45, 2.75) is 31.1 Å². The largest absolute Gasteiger partial charge is 0.296 e. The van der Waals surface area contributed by atoms with Gasteiger partial charge in [-0.15, -0.1) is 11.8 Å². The number of fused-ring (bicyclic) bond motifs is 1. The molecule has 1 aliphatic carbocycles. The molecular formula is C13H15NO2S. The summed E-state index contributed by atoms with van der Waals surface area (Å²) in [7, 11) is 0. The first-order valence-electron chi connectivity index (χ1n) is 5.70. The molecule has 0 atom stereocenters. The Balaban J connectivity index is 1.91. The summed E-state index contributed by atoms with van der Waals surface area (Å²) in [6, 6.07) is 6.36. The van der Waals surface area contributed by atoms with E-state index in [1.165, 1.54) is 42.7 Å². The van der Waals surface area contributed by atoms with Crippen LogP contribution in [-0.4, -0.2) is 17.6 Å². The maximum absolute atomic E-state index is 11.3. The number of aryl methyl sites for hydroxylation is 2. The fraction of sp³-hybridized carbons (Fsp3) is 0.385. The summed E-state index contributed by atoms with van der Waals surface area (Å²) < 4.78 is 0. The van der Waals surface area contributed by atoms with Crippen LogP contribution in [0.2, 0.25) is 0 Å². The number of rotatable bonds is 3. The molecule has 0 spiro atoms. The molecule has 0 heterocycles. The van der Waals surface area contributed by atoms with Gasteiger partial charge in [0.15, 0.2) is 0 Å². The van der Waals surface area contributed by atoms with Gasteiger partial charge in [-0.1, -0.05) is 6.07 Å². The quantitative estimate of drug-likeness (QED) is 0.833. The predicted octanol–water partition coefficient (Wildman–Crippen LogP) is 1.93. The van der Waals surface area contributed by atoms with Gasteiger partial charge in [-0.3, -0.25) is 14.9 Å². The van der Waals surface area contributed by atoms with Crippen molar-refractivity contribution in [3.63, 3.8) is 0 Å². The Morgan fingerprint density at radius 2 is 2.06 bits per heavy atom. The number of carbonyl (C=O) groups excluding carboxylic acids is 2. The Bertz CT molecular complexity index is 457. The number of amides is 2. The van der Waals surface area contributed by atoms with E-state index in [-0.39, 0.29) is 11.8 Å². The van der Waals surface area contributed by atoms with Crippen LogP contribution in [0.4, 0.5) is 0 Å². The monoisotopic (exact) mass is 249 g/mol. The van der Waals surface area contributed by atoms with E-state index >= 15 is 0 Å². The highest BCUT2D eigenvalue weighted by Crippen LogP contribution is 2.27. The first-order chi connectivity index (χ1) is 8.15. The lowest BCUT2D eigenvalue weighted by molar-refractivity contribution is -0.127. The molecule has 0 fully saturated rings. The van der Waals surface area contributed by atoms with Crippen molar-refractivity contribution in [3.8, 4) is 0 Å². The summed E-state index contributed by atoms with van der Waals surface area (Å²) in [6.45, 7) is 1.35. The van der Waals surface area contributed by atoms with Crippen molar-refractivity contribution < 1.29 is 9.59 Å². The average Bonchev–Trinajstić information content (AvgIpc) is 2.72. The van der Waals surface area contributed by atoms with Gasteiger partial charge in [-0.05, 0) is 42.5 Å². The standard InChI is InChI=1S/C13H15NO2S/c1-9(15)14-13(16)8-17-12-6-5-10-3-2-4-11(10)7-12/h5-7H,2-4,8H2,1H3,(H,14,15,16). The van der Waals surface area contributed by atoms with Crippen molar-refractivity contribution >= 4 is 23.6 Å². The van der Waals surface area contributed by atoms with Crippen LogP contribution in [0.1, 0.15) is 24.5 Å². The second kappa shape index (κ2) is 5.36. The van der Waals surface area contributed by atoms with Gasteiger partial charge in [-0.2, -0.15) is 0 Å². The van der Waals surface area contributed by atoms with Gasteiger partial charge < -0.3 is 0 Å². The molecule has 1 N–H and O–H groups in total. The summed E-state index contributed by atoms with van der Waals surface area (Å²) in [5.41, 5.74) is 2.84. The minimum absolute atomic E-state index is 0.233. The number of hydrogen-bond donors (Lipinski definition) is 1. The molecule has 1 aliphatic rings. The van der Waals surface area contributed by atoms with Gasteiger partial charge in [-0.25, -0.2) is 0 Å². The zero-order valence-corrected chi connectivity index (χ0v) is 10.6. The van der Waals surface area contributed by atoms with Crippen molar-refractivity contribution in [1.29, 1.82) is 0 Å². The third kappa shape index (κ3) is 3.33. The zero-order valence-electron chi connectivity index (χ0n) is 9.79. The minimum Gasteiger partial charge on any atom is -0.296 e. The van der Waals surface area contributed by atoms with E-state index in [4.69, 9.17) is 0 Å². The summed E-state index contributed by atoms with van der Waals surface area (Å²) in [5.74, 6) is -0.245. The lowest BCUT2D eigenvalue weighted by atomic mass is 10.1. The van der Waals surface area contributed by atoms with E-state index in [2.05, 4.69) is 23.5 Å². The fourth-order valence-electron chi connectivity index (χ4n) is 2.02. The lowest BCUT2D eigenvalue weighted by Gasteiger charge is -2.04. The topological polar surface area (TPSA) is 46.2 Å². The van der Waals surface area contributed by atoms with E-state index in [0.29, 0.717) is 5.75 Å². The van der Waals surface area contributed by atoms with Crippen molar-refractivity contribution in [2.24, 2.45) is 0 Å². The molecule has 1 aromatic rings. The zero-order chi connectivity index (χ0) is 12.3. The van der Waals surface area contributed by atoms with Gasteiger partial charge in [0, 0.05) is 11.8 Å². The molecule has 0 aromatic heterocycles. The maximum atomic E-state index is 11.3. The Labute approximate surface area is 105 Å². The second-order valence-corrected chi connectivity index (χ2v) is 5.23. The molecule has 0 unspecified atom stereocenters. The molecule has 2 amide bonds. The first kappa shape index (κ1) is 12.2. The van der Waals surface area contributed by atoms with Crippen LogP contribution >= 0.6 is 11.8 Å². The highest BCUT2D eigenvalue weighted by atomic mass is 32.2. The van der Waals surface area contributed by atoms with E-state index in [0.717, 1.165) is 11.3 Å². The number of thioether (sulfide) groups is 1. The van der Waals surface area contributed by atoms with Gasteiger partial charge >= 0.3 is 0 Å². The van der Waals surface area contributed by atoms with E-state index < -0.39 is 0 Å². The summed E-state index contributed by atoms with van der Waals surface area (Å²) in [4.78, 5) is 23.1. The smallest absolute Gasteiger partial charge is 0.236 e. The van der Waals surface area contributed by atoms with Gasteiger partial charge in [0.05, 0.1) is 5.75 Å². The molecule has 2 rings (SSSR count). The molecular weight excluding hydrogens is 234 g/mol. The summed E-state index contributed by atoms with van der Waals surface area (Å²) in [5, 5.41) is 2.27. The molecule has 4 heteroatoms. The normalized spacial score (nSPS) is 13.2. The van der Waals surface area contributed by atoms with E-state index in [1.54, 1.807) is 0 Å². The first-order valence-corrected chi connectivity index (χ1v) is 6.69. The van der Waals surface area contributed by atoms with Crippen molar-refractivity contribution in [3.05, 3.63) is 29.3 Å². The maximum Gasteiger partial charge on any atom is 0.236 e. The number of nitrogens with one attached hydrogen (secondary N) is 1. The van der Waals surface area contributed by atoms with Crippen LogP contribution in [0.15, 0.2) is 23.1 Å². The molecule has 0 saturated heterocycles. The molecule has 17 heavy (non-hydrogen) atoms. The summed E-state index contributed by atoms with van der Waals surface area (Å²) in [6.07, 6.45) is 3.54. The molecule has 0 radical (unpaired) electrons. The molecule has 1 aromatic carbocycles. The Morgan fingerprint density at radius 3 is 2.82 bits per heavy atom. The van der Waals surface area contributed by atoms with Crippen LogP contribution in [0, 0.1) is 0 Å². The fourth-order valence-corrected chi connectivity index (χ4v) is 2.78. The van der Waals surface area contributed by atoms with Crippen LogP contribution in [0.3, 0.4) is 0 Å². The third-order valence-corrected chi connectivity index (χ3v) is 3.75. The predicted molar refractivity (Wildman–Crippen MR) is 68.0 cm³/mol. The number of benzene rings is 1. The number of carbonyl (C=O) groups is 2. The summed E-state index contributed by atoms with van der Waals surface area (Å²) >= 11 is 1.47. The molecule has 0 saturated carbocycles. The Hall–Kier alpha value is -1.29. The van der Waals surface area contributed by atoms with Crippen LogP contribution in [0.5, 0.6) is 0 Å². The van der Waals surface area contributed by atoms with Gasteiger partial charge in [0.25, 0.3) is 0 Å². The molecule has 3 nitrogen and oxygen atoms in total. The Kier molecular flexibility index (Phi) is 3.84. The minimum atomic E-state index is -0.301. The second-order valence-electron chi connectivity index (χ2n) is 4.18. The van der Waals surface area contributed by atoms with Crippen LogP contribution in [0.25, 0.3) is 0 Å². The highest BCUT2D eigenvalue weighted by Gasteiger charge is 2.11. The van der Waals surface area contributed by atoms with Gasteiger partial charge in [0.2, 0.25) is 11.8 Å². The molecule has 0 aliphatic heterocycles. The van der Waals surface area contributed by atoms with Crippen LogP contribution < -0.4 is 5.32 Å². The van der Waals surface area contributed by atoms with E-state index in [1.807, 2.05) is 0 Å². The lowest BCUT2D eigenvalue weighted by Crippen LogP contribution is -2.29.